The van der Waals surface area contributed by atoms with Gasteiger partial charge in [-0.15, -0.1) is 0 Å². The Morgan fingerprint density at radius 3 is 2.55 bits per heavy atom. The molecule has 204 valence electrons. The molecule has 0 radical (unpaired) electrons. The van der Waals surface area contributed by atoms with Crippen LogP contribution in [0.3, 0.4) is 0 Å². The lowest BCUT2D eigenvalue weighted by Crippen LogP contribution is -2.54. The van der Waals surface area contributed by atoms with Crippen molar-refractivity contribution in [3.8, 4) is 0 Å². The molecule has 1 aromatic carbocycles. The molecule has 0 spiro atoms. The van der Waals surface area contributed by atoms with Gasteiger partial charge in [-0.2, -0.15) is 0 Å². The maximum absolute atomic E-state index is 13.7. The molecule has 1 saturated heterocycles. The number of hydrogen-bond donors (Lipinski definition) is 3. The van der Waals surface area contributed by atoms with Gasteiger partial charge in [0.15, 0.2) is 0 Å². The van der Waals surface area contributed by atoms with Gasteiger partial charge >= 0.3 is 0 Å². The number of carbonyl (C=O) groups is 2. The number of rotatable bonds is 9. The van der Waals surface area contributed by atoms with Gasteiger partial charge in [-0.3, -0.25) is 14.5 Å². The molecule has 3 fully saturated rings. The number of ether oxygens (including phenoxy) is 1. The molecule has 38 heavy (non-hydrogen) atoms. The minimum atomic E-state index is -1.16. The van der Waals surface area contributed by atoms with Crippen LogP contribution in [0.4, 0.5) is 0 Å². The number of nitrogens with zero attached hydrogens (tertiary/aromatic N) is 2. The number of likely N-dealkylation sites (tertiary alicyclic amines) is 1. The van der Waals surface area contributed by atoms with E-state index in [0.717, 1.165) is 5.56 Å². The Hall–Kier alpha value is -3.05. The molecule has 2 saturated carbocycles. The van der Waals surface area contributed by atoms with Crippen molar-refractivity contribution in [1.29, 1.82) is 0 Å². The number of aliphatic hydroxyl groups is 3. The quantitative estimate of drug-likeness (QED) is 0.333. The van der Waals surface area contributed by atoms with Gasteiger partial charge in [-0.05, 0) is 37.5 Å². The van der Waals surface area contributed by atoms with Crippen molar-refractivity contribution in [2.45, 2.75) is 57.1 Å². The Balaban J connectivity index is 1.26. The van der Waals surface area contributed by atoms with Gasteiger partial charge in [-0.25, -0.2) is 0 Å². The van der Waals surface area contributed by atoms with E-state index in [2.05, 4.69) is 5.16 Å². The first kappa shape index (κ1) is 26.6. The summed E-state index contributed by atoms with van der Waals surface area (Å²) >= 11 is 0. The Morgan fingerprint density at radius 2 is 1.82 bits per heavy atom. The number of aliphatic hydroxyl groups excluding tert-OH is 3. The third-order valence-electron chi connectivity index (χ3n) is 8.07. The highest BCUT2D eigenvalue weighted by Crippen LogP contribution is 2.51. The van der Waals surface area contributed by atoms with Crippen LogP contribution in [0.1, 0.15) is 43.6 Å². The topological polar surface area (TPSA) is 142 Å². The third kappa shape index (κ3) is 5.13. The highest BCUT2D eigenvalue weighted by molar-refractivity contribution is 6.06. The minimum absolute atomic E-state index is 0.0226. The van der Waals surface area contributed by atoms with Gasteiger partial charge in [0.05, 0.1) is 48.7 Å². The van der Waals surface area contributed by atoms with Crippen LogP contribution in [0.15, 0.2) is 58.3 Å². The zero-order valence-electron chi connectivity index (χ0n) is 21.3. The molecule has 0 unspecified atom stereocenters. The van der Waals surface area contributed by atoms with Crippen molar-refractivity contribution < 1.29 is 38.9 Å². The second kappa shape index (κ2) is 11.4. The minimum Gasteiger partial charge on any atom is -0.467 e. The monoisotopic (exact) mass is 526 g/mol. The molecule has 8 atom stereocenters. The molecular formula is C28H34N2O8. The fourth-order valence-corrected chi connectivity index (χ4v) is 6.21. The molecule has 1 aliphatic heterocycles. The average Bonchev–Trinajstić information content (AvgIpc) is 3.53. The highest BCUT2D eigenvalue weighted by atomic mass is 16.6. The zero-order chi connectivity index (χ0) is 26.8. The smallest absolute Gasteiger partial charge is 0.234 e. The number of imide groups is 1. The fraction of sp³-hybridized carbons (Fsp3) is 0.536. The number of furan rings is 1. The standard InChI is InChI=1S/C28H34N2O8/c1-16(17-6-3-2-4-7-17)30-27(34)21-10-9-20-22(12-23(32)26(33)24(20)25(21)28(30)35)29-38-14-18(31)13-36-15-19-8-5-11-37-19/h2-8,11,16,18,20-21,23-26,31-33H,9-10,12-15H2,1H3/b29-22-/t16-,18-,20-,21-,23+,24-,25+,26+/m0/s1. The summed E-state index contributed by atoms with van der Waals surface area (Å²) in [6.45, 7) is 1.95. The van der Waals surface area contributed by atoms with Crippen LogP contribution in [0.2, 0.25) is 0 Å². The predicted octanol–water partition coefficient (Wildman–Crippen LogP) is 2.04. The first-order valence-corrected chi connectivity index (χ1v) is 13.1. The van der Waals surface area contributed by atoms with Crippen LogP contribution < -0.4 is 0 Å². The SMILES string of the molecule is C[C@@H](c1ccccc1)N1C(=O)[C@H]2[C@H]3[C@H](O)[C@H](O)C/C(=N/OC[C@@H](O)COCc4ccco4)[C@@H]3CC[C@@H]2C1=O. The van der Waals surface area contributed by atoms with Gasteiger partial charge in [0, 0.05) is 18.3 Å². The van der Waals surface area contributed by atoms with Gasteiger partial charge < -0.3 is 29.3 Å². The number of hydrogen-bond acceptors (Lipinski definition) is 9. The maximum atomic E-state index is 13.7. The second-order valence-electron chi connectivity index (χ2n) is 10.4. The molecule has 10 nitrogen and oxygen atoms in total. The largest absolute Gasteiger partial charge is 0.467 e. The Morgan fingerprint density at radius 1 is 1.05 bits per heavy atom. The van der Waals surface area contributed by atoms with E-state index in [1.54, 1.807) is 18.4 Å². The number of carbonyl (C=O) groups excluding carboxylic acids is 2. The fourth-order valence-electron chi connectivity index (χ4n) is 6.21. The second-order valence-corrected chi connectivity index (χ2v) is 10.4. The van der Waals surface area contributed by atoms with E-state index in [1.165, 1.54) is 4.90 Å². The molecule has 10 heteroatoms. The molecular weight excluding hydrogens is 492 g/mol. The van der Waals surface area contributed by atoms with Crippen molar-refractivity contribution in [3.63, 3.8) is 0 Å². The number of benzene rings is 1. The summed E-state index contributed by atoms with van der Waals surface area (Å²) in [7, 11) is 0. The molecule has 2 heterocycles. The molecule has 2 amide bonds. The maximum Gasteiger partial charge on any atom is 0.234 e. The molecule has 2 aliphatic carbocycles. The van der Waals surface area contributed by atoms with Crippen LogP contribution in [0.25, 0.3) is 0 Å². The van der Waals surface area contributed by atoms with Gasteiger partial charge in [0.25, 0.3) is 0 Å². The van der Waals surface area contributed by atoms with E-state index < -0.39 is 42.1 Å². The summed E-state index contributed by atoms with van der Waals surface area (Å²) in [5.41, 5.74) is 1.39. The predicted molar refractivity (Wildman–Crippen MR) is 134 cm³/mol. The van der Waals surface area contributed by atoms with E-state index in [0.29, 0.717) is 24.3 Å². The first-order valence-electron chi connectivity index (χ1n) is 13.1. The Labute approximate surface area is 220 Å². The summed E-state index contributed by atoms with van der Waals surface area (Å²) in [6.07, 6.45) is -0.558. The lowest BCUT2D eigenvalue weighted by Gasteiger charge is -2.45. The molecule has 0 bridgehead atoms. The van der Waals surface area contributed by atoms with E-state index in [4.69, 9.17) is 14.0 Å². The van der Waals surface area contributed by atoms with Crippen molar-refractivity contribution in [3.05, 3.63) is 60.1 Å². The van der Waals surface area contributed by atoms with Crippen LogP contribution in [0, 0.1) is 23.7 Å². The zero-order valence-corrected chi connectivity index (χ0v) is 21.3. The van der Waals surface area contributed by atoms with Crippen molar-refractivity contribution in [1.82, 2.24) is 4.90 Å². The lowest BCUT2D eigenvalue weighted by atomic mass is 9.60. The molecule has 5 rings (SSSR count). The van der Waals surface area contributed by atoms with E-state index >= 15 is 0 Å². The molecule has 3 aliphatic rings. The third-order valence-corrected chi connectivity index (χ3v) is 8.07. The molecule has 3 N–H and O–H groups in total. The van der Waals surface area contributed by atoms with E-state index in [-0.39, 0.29) is 44.0 Å². The van der Waals surface area contributed by atoms with E-state index in [9.17, 15) is 24.9 Å². The van der Waals surface area contributed by atoms with Crippen LogP contribution in [-0.2, 0) is 25.8 Å². The molecule has 1 aromatic heterocycles. The summed E-state index contributed by atoms with van der Waals surface area (Å²) in [5, 5.41) is 36.0. The summed E-state index contributed by atoms with van der Waals surface area (Å²) < 4.78 is 10.6. The van der Waals surface area contributed by atoms with Gasteiger partial charge in [0.1, 0.15) is 25.1 Å². The van der Waals surface area contributed by atoms with Crippen LogP contribution >= 0.6 is 0 Å². The highest BCUT2D eigenvalue weighted by Gasteiger charge is 2.60. The van der Waals surface area contributed by atoms with Crippen molar-refractivity contribution in [2.24, 2.45) is 28.8 Å². The number of oxime groups is 1. The van der Waals surface area contributed by atoms with Crippen molar-refractivity contribution in [2.75, 3.05) is 13.2 Å². The van der Waals surface area contributed by atoms with Crippen molar-refractivity contribution >= 4 is 17.5 Å². The lowest BCUT2D eigenvalue weighted by molar-refractivity contribution is -0.144. The summed E-state index contributed by atoms with van der Waals surface area (Å²) in [6, 6.07) is 12.5. The number of amides is 2. The summed E-state index contributed by atoms with van der Waals surface area (Å²) in [4.78, 5) is 33.8. The molecule has 2 aromatic rings. The van der Waals surface area contributed by atoms with E-state index in [1.807, 2.05) is 37.3 Å². The summed E-state index contributed by atoms with van der Waals surface area (Å²) in [5.74, 6) is -2.13. The first-order chi connectivity index (χ1) is 18.4. The van der Waals surface area contributed by atoms with Crippen LogP contribution in [-0.4, -0.2) is 69.3 Å². The number of fused-ring (bicyclic) bond motifs is 3. The normalized spacial score (nSPS) is 31.7. The average molecular weight is 527 g/mol. The Kier molecular flexibility index (Phi) is 7.94. The van der Waals surface area contributed by atoms with Crippen LogP contribution in [0.5, 0.6) is 0 Å². The van der Waals surface area contributed by atoms with Gasteiger partial charge in [0.2, 0.25) is 11.8 Å². The van der Waals surface area contributed by atoms with Gasteiger partial charge in [-0.1, -0.05) is 35.5 Å². The Bertz CT molecular complexity index is 1140.